The third kappa shape index (κ3) is 6.41. The molecule has 1 atom stereocenters. The normalized spacial score (nSPS) is 12.1. The van der Waals surface area contributed by atoms with E-state index in [1.807, 2.05) is 0 Å². The number of hydrogen-bond donors (Lipinski definition) is 3. The molecule has 0 aliphatic carbocycles. The van der Waals surface area contributed by atoms with Gasteiger partial charge in [0.15, 0.2) is 0 Å². The summed E-state index contributed by atoms with van der Waals surface area (Å²) in [6.45, 7) is 0. The number of carbonyl (C=O) groups is 3. The van der Waals surface area contributed by atoms with Gasteiger partial charge in [-0.15, -0.1) is 0 Å². The van der Waals surface area contributed by atoms with E-state index in [1.54, 1.807) is 0 Å². The van der Waals surface area contributed by atoms with Crippen LogP contribution in [-0.2, 0) is 14.3 Å². The third-order valence-corrected chi connectivity index (χ3v) is 1.68. The zero-order valence-corrected chi connectivity index (χ0v) is 8.80. The van der Waals surface area contributed by atoms with Crippen LogP contribution in [0.1, 0.15) is 12.8 Å². The van der Waals surface area contributed by atoms with Gasteiger partial charge in [0.25, 0.3) is 0 Å². The molecule has 0 spiro atoms. The molecule has 0 aromatic carbocycles. The second kappa shape index (κ2) is 7.27. The minimum atomic E-state index is -1.17. The predicted molar refractivity (Wildman–Crippen MR) is 54.5 cm³/mol. The SMILES string of the molecule is COC(=O)N[C@@H](CC/C=C/C(N)=O)C(=O)O. The van der Waals surface area contributed by atoms with Gasteiger partial charge in [0.2, 0.25) is 5.91 Å². The molecular weight excluding hydrogens is 216 g/mol. The number of carboxylic acid groups (broad SMARTS) is 1. The van der Waals surface area contributed by atoms with Gasteiger partial charge in [-0.2, -0.15) is 0 Å². The van der Waals surface area contributed by atoms with Crippen molar-refractivity contribution in [2.24, 2.45) is 5.73 Å². The average molecular weight is 230 g/mol. The van der Waals surface area contributed by atoms with Crippen molar-refractivity contribution in [3.8, 4) is 0 Å². The molecule has 0 saturated heterocycles. The lowest BCUT2D eigenvalue weighted by atomic mass is 10.1. The summed E-state index contributed by atoms with van der Waals surface area (Å²) in [7, 11) is 1.14. The minimum Gasteiger partial charge on any atom is -0.480 e. The number of hydrogen-bond acceptors (Lipinski definition) is 4. The molecule has 0 fully saturated rings. The Morgan fingerprint density at radius 2 is 2.12 bits per heavy atom. The number of alkyl carbamates (subject to hydrolysis) is 1. The van der Waals surface area contributed by atoms with Crippen molar-refractivity contribution in [3.63, 3.8) is 0 Å². The number of aliphatic carboxylic acids is 1. The largest absolute Gasteiger partial charge is 0.480 e. The van der Waals surface area contributed by atoms with Crippen LogP contribution in [0.2, 0.25) is 0 Å². The lowest BCUT2D eigenvalue weighted by molar-refractivity contribution is -0.139. The van der Waals surface area contributed by atoms with Gasteiger partial charge >= 0.3 is 12.1 Å². The Kier molecular flexibility index (Phi) is 6.34. The first-order valence-electron chi connectivity index (χ1n) is 4.50. The number of nitrogens with one attached hydrogen (secondary N) is 1. The highest BCUT2D eigenvalue weighted by Gasteiger charge is 2.18. The number of allylic oxidation sites excluding steroid dienone is 1. The summed E-state index contributed by atoms with van der Waals surface area (Å²) in [6, 6.07) is -1.05. The van der Waals surface area contributed by atoms with Gasteiger partial charge in [0, 0.05) is 0 Å². The van der Waals surface area contributed by atoms with E-state index in [9.17, 15) is 14.4 Å². The van der Waals surface area contributed by atoms with E-state index in [0.29, 0.717) is 6.42 Å². The summed E-state index contributed by atoms with van der Waals surface area (Å²) in [5, 5.41) is 10.9. The summed E-state index contributed by atoms with van der Waals surface area (Å²) in [5.41, 5.74) is 4.84. The fraction of sp³-hybridized carbons (Fsp3) is 0.444. The lowest BCUT2D eigenvalue weighted by Gasteiger charge is -2.11. The Bertz CT molecular complexity index is 300. The monoisotopic (exact) mass is 230 g/mol. The van der Waals surface area contributed by atoms with E-state index < -0.39 is 24.0 Å². The number of carboxylic acids is 1. The standard InChI is InChI=1S/C9H14N2O5/c1-16-9(15)11-6(8(13)14)4-2-3-5-7(10)12/h3,5-6H,2,4H2,1H3,(H2,10,12)(H,11,15)(H,13,14)/b5-3+/t6-/m0/s1. The molecule has 0 aromatic rings. The van der Waals surface area contributed by atoms with E-state index in [2.05, 4.69) is 10.1 Å². The molecule has 90 valence electrons. The van der Waals surface area contributed by atoms with Crippen molar-refractivity contribution in [1.82, 2.24) is 5.32 Å². The molecule has 0 aromatic heterocycles. The number of carbonyl (C=O) groups excluding carboxylic acids is 2. The van der Waals surface area contributed by atoms with Crippen LogP contribution in [0.3, 0.4) is 0 Å². The Morgan fingerprint density at radius 1 is 1.50 bits per heavy atom. The van der Waals surface area contributed by atoms with Crippen LogP contribution in [-0.4, -0.2) is 36.2 Å². The topological polar surface area (TPSA) is 119 Å². The molecule has 0 heterocycles. The van der Waals surface area contributed by atoms with Crippen LogP contribution in [0.5, 0.6) is 0 Å². The molecule has 0 rings (SSSR count). The predicted octanol–water partition coefficient (Wildman–Crippen LogP) is -0.383. The first-order valence-corrected chi connectivity index (χ1v) is 4.50. The Hall–Kier alpha value is -2.05. The van der Waals surface area contributed by atoms with Crippen LogP contribution in [0.4, 0.5) is 4.79 Å². The van der Waals surface area contributed by atoms with Gasteiger partial charge in [-0.3, -0.25) is 4.79 Å². The Morgan fingerprint density at radius 3 is 2.56 bits per heavy atom. The van der Waals surface area contributed by atoms with Crippen molar-refractivity contribution in [3.05, 3.63) is 12.2 Å². The Labute approximate surface area is 92.3 Å². The first kappa shape index (κ1) is 13.9. The summed E-state index contributed by atoms with van der Waals surface area (Å²) in [6.07, 6.45) is 2.22. The number of nitrogens with two attached hydrogens (primary N) is 1. The zero-order chi connectivity index (χ0) is 12.6. The minimum absolute atomic E-state index is 0.147. The third-order valence-electron chi connectivity index (χ3n) is 1.68. The quantitative estimate of drug-likeness (QED) is 0.537. The molecule has 7 heteroatoms. The molecule has 2 amide bonds. The summed E-state index contributed by atoms with van der Waals surface area (Å²) < 4.78 is 4.27. The maximum absolute atomic E-state index is 10.8. The maximum Gasteiger partial charge on any atom is 0.407 e. The molecule has 0 aliphatic heterocycles. The van der Waals surface area contributed by atoms with Crippen molar-refractivity contribution < 1.29 is 24.2 Å². The lowest BCUT2D eigenvalue weighted by Crippen LogP contribution is -2.40. The van der Waals surface area contributed by atoms with Gasteiger partial charge in [-0.1, -0.05) is 6.08 Å². The summed E-state index contributed by atoms with van der Waals surface area (Å²) in [4.78, 5) is 31.8. The molecule has 0 bridgehead atoms. The summed E-state index contributed by atoms with van der Waals surface area (Å²) >= 11 is 0. The Balaban J connectivity index is 4.09. The number of primary amides is 1. The molecule has 0 unspecified atom stereocenters. The van der Waals surface area contributed by atoms with Crippen molar-refractivity contribution in [1.29, 1.82) is 0 Å². The van der Waals surface area contributed by atoms with E-state index in [1.165, 1.54) is 6.08 Å². The molecular formula is C9H14N2O5. The highest BCUT2D eigenvalue weighted by atomic mass is 16.5. The van der Waals surface area contributed by atoms with E-state index >= 15 is 0 Å². The number of ether oxygens (including phenoxy) is 1. The van der Waals surface area contributed by atoms with Crippen LogP contribution in [0.15, 0.2) is 12.2 Å². The molecule has 0 radical (unpaired) electrons. The van der Waals surface area contributed by atoms with Crippen LogP contribution in [0.25, 0.3) is 0 Å². The van der Waals surface area contributed by atoms with Gasteiger partial charge in [0.1, 0.15) is 6.04 Å². The second-order valence-corrected chi connectivity index (χ2v) is 2.91. The van der Waals surface area contributed by atoms with Crippen LogP contribution in [0, 0.1) is 0 Å². The number of rotatable bonds is 6. The first-order chi connectivity index (χ1) is 7.47. The van der Waals surface area contributed by atoms with Gasteiger partial charge in [0.05, 0.1) is 7.11 Å². The van der Waals surface area contributed by atoms with Gasteiger partial charge in [-0.25, -0.2) is 9.59 Å². The van der Waals surface area contributed by atoms with Crippen LogP contribution < -0.4 is 11.1 Å². The average Bonchev–Trinajstić information content (AvgIpc) is 2.21. The van der Waals surface area contributed by atoms with E-state index in [0.717, 1.165) is 13.2 Å². The van der Waals surface area contributed by atoms with Crippen molar-refractivity contribution in [2.75, 3.05) is 7.11 Å². The van der Waals surface area contributed by atoms with Gasteiger partial charge in [-0.05, 0) is 18.9 Å². The summed E-state index contributed by atoms with van der Waals surface area (Å²) in [5.74, 6) is -1.77. The zero-order valence-electron chi connectivity index (χ0n) is 8.80. The smallest absolute Gasteiger partial charge is 0.407 e. The highest BCUT2D eigenvalue weighted by molar-refractivity contribution is 5.85. The van der Waals surface area contributed by atoms with Gasteiger partial charge < -0.3 is 20.9 Å². The molecule has 16 heavy (non-hydrogen) atoms. The molecule has 0 saturated carbocycles. The number of methoxy groups -OCH3 is 1. The number of amides is 2. The van der Waals surface area contributed by atoms with Crippen LogP contribution >= 0.6 is 0 Å². The van der Waals surface area contributed by atoms with E-state index in [-0.39, 0.29) is 6.42 Å². The van der Waals surface area contributed by atoms with E-state index in [4.69, 9.17) is 10.8 Å². The fourth-order valence-electron chi connectivity index (χ4n) is 0.921. The highest BCUT2D eigenvalue weighted by Crippen LogP contribution is 1.99. The van der Waals surface area contributed by atoms with Crippen molar-refractivity contribution in [2.45, 2.75) is 18.9 Å². The van der Waals surface area contributed by atoms with Crippen molar-refractivity contribution >= 4 is 18.0 Å². The maximum atomic E-state index is 10.8. The molecule has 4 N–H and O–H groups in total. The fourth-order valence-corrected chi connectivity index (χ4v) is 0.921. The second-order valence-electron chi connectivity index (χ2n) is 2.91. The molecule has 7 nitrogen and oxygen atoms in total. The molecule has 0 aliphatic rings.